The van der Waals surface area contributed by atoms with E-state index in [1.165, 1.54) is 17.5 Å². The first kappa shape index (κ1) is 18.2. The van der Waals surface area contributed by atoms with Gasteiger partial charge in [-0.2, -0.15) is 5.10 Å². The molecule has 1 fully saturated rings. The molecule has 0 saturated carbocycles. The monoisotopic (exact) mass is 383 g/mol. The molecule has 0 spiro atoms. The molecule has 2 aliphatic rings. The number of fused-ring (bicyclic) bond motifs is 1. The molecule has 0 N–H and O–H groups in total. The van der Waals surface area contributed by atoms with Crippen molar-refractivity contribution in [1.82, 2.24) is 9.91 Å². The average Bonchev–Trinajstić information content (AvgIpc) is 3.04. The Morgan fingerprint density at radius 3 is 2.41 bits per heavy atom. The van der Waals surface area contributed by atoms with Gasteiger partial charge >= 0.3 is 0 Å². The third kappa shape index (κ3) is 4.39. The summed E-state index contributed by atoms with van der Waals surface area (Å²) >= 11 is 0. The van der Waals surface area contributed by atoms with Crippen LogP contribution >= 0.6 is 0 Å². The summed E-state index contributed by atoms with van der Waals surface area (Å²) in [6.07, 6.45) is 2.37. The van der Waals surface area contributed by atoms with Crippen LogP contribution in [0.1, 0.15) is 17.5 Å². The Morgan fingerprint density at radius 1 is 1.00 bits per heavy atom. The van der Waals surface area contributed by atoms with Gasteiger partial charge in [-0.25, -0.2) is 8.42 Å². The van der Waals surface area contributed by atoms with Gasteiger partial charge in [0.05, 0.1) is 17.2 Å². The van der Waals surface area contributed by atoms with Gasteiger partial charge in [0.2, 0.25) is 0 Å². The fourth-order valence-electron chi connectivity index (χ4n) is 3.86. The molecule has 2 aromatic rings. The van der Waals surface area contributed by atoms with Crippen molar-refractivity contribution in [3.63, 3.8) is 0 Å². The van der Waals surface area contributed by atoms with E-state index in [0.29, 0.717) is 10.8 Å². The second-order valence-corrected chi connectivity index (χ2v) is 9.55. The Hall–Kier alpha value is -2.18. The van der Waals surface area contributed by atoms with Crippen LogP contribution in [0.15, 0.2) is 64.6 Å². The van der Waals surface area contributed by atoms with Crippen molar-refractivity contribution in [3.05, 3.63) is 65.7 Å². The summed E-state index contributed by atoms with van der Waals surface area (Å²) in [5.74, 6) is 0.567. The molecule has 142 valence electrons. The quantitative estimate of drug-likeness (QED) is 0.797. The third-order valence-electron chi connectivity index (χ3n) is 5.32. The summed E-state index contributed by atoms with van der Waals surface area (Å²) in [5.41, 5.74) is 3.72. The minimum Gasteiger partial charge on any atom is -0.293 e. The Balaban J connectivity index is 1.38. The molecule has 0 aliphatic carbocycles. The van der Waals surface area contributed by atoms with Crippen molar-refractivity contribution < 1.29 is 8.42 Å². The zero-order valence-electron chi connectivity index (χ0n) is 15.6. The molecule has 0 aromatic heterocycles. The maximum atomic E-state index is 11.6. The number of piperidine rings is 1. The molecule has 5 nitrogen and oxygen atoms in total. The maximum Gasteiger partial charge on any atom is 0.175 e. The van der Waals surface area contributed by atoms with Crippen LogP contribution in [0, 0.1) is 5.92 Å². The molecule has 27 heavy (non-hydrogen) atoms. The summed E-state index contributed by atoms with van der Waals surface area (Å²) in [7, 11) is -3.13. The molecule has 2 aliphatic heterocycles. The highest BCUT2D eigenvalue weighted by molar-refractivity contribution is 7.90. The number of rotatable bonds is 5. The smallest absolute Gasteiger partial charge is 0.175 e. The van der Waals surface area contributed by atoms with Gasteiger partial charge in [0.15, 0.2) is 9.84 Å². The highest BCUT2D eigenvalue weighted by atomic mass is 32.2. The average molecular weight is 384 g/mol. The van der Waals surface area contributed by atoms with Gasteiger partial charge in [-0.3, -0.25) is 9.91 Å². The SMILES string of the molecule is CS(=O)(=O)c1ccc(CN2CCC3CN(Cc4ccccc4)N=C3C2)cc1. The van der Waals surface area contributed by atoms with Crippen LogP contribution in [0.3, 0.4) is 0 Å². The number of benzene rings is 2. The van der Waals surface area contributed by atoms with Crippen LogP contribution in [-0.2, 0) is 22.9 Å². The Morgan fingerprint density at radius 2 is 1.70 bits per heavy atom. The van der Waals surface area contributed by atoms with Crippen molar-refractivity contribution in [1.29, 1.82) is 0 Å². The topological polar surface area (TPSA) is 53.0 Å². The standard InChI is InChI=1S/C21H25N3O2S/c1-27(25,26)20-9-7-18(8-10-20)13-23-12-11-19-15-24(22-21(19)16-23)14-17-5-3-2-4-6-17/h2-10,19H,11-16H2,1H3. The van der Waals surface area contributed by atoms with E-state index in [1.807, 2.05) is 18.2 Å². The van der Waals surface area contributed by atoms with Crippen LogP contribution in [0.4, 0.5) is 0 Å². The normalized spacial score (nSPS) is 20.4. The van der Waals surface area contributed by atoms with Gasteiger partial charge in [-0.1, -0.05) is 42.5 Å². The van der Waals surface area contributed by atoms with Crippen LogP contribution in [0.25, 0.3) is 0 Å². The molecule has 6 heteroatoms. The van der Waals surface area contributed by atoms with Gasteiger partial charge in [-0.15, -0.1) is 0 Å². The first-order valence-electron chi connectivity index (χ1n) is 9.35. The fraction of sp³-hybridized carbons (Fsp3) is 0.381. The van der Waals surface area contributed by atoms with E-state index < -0.39 is 9.84 Å². The highest BCUT2D eigenvalue weighted by Gasteiger charge is 2.31. The van der Waals surface area contributed by atoms with Gasteiger partial charge in [0.25, 0.3) is 0 Å². The second-order valence-electron chi connectivity index (χ2n) is 7.54. The van der Waals surface area contributed by atoms with E-state index in [1.54, 1.807) is 12.1 Å². The molecule has 4 rings (SSSR count). The number of hydrazone groups is 1. The van der Waals surface area contributed by atoms with Crippen molar-refractivity contribution in [2.24, 2.45) is 11.0 Å². The summed E-state index contributed by atoms with van der Waals surface area (Å²) < 4.78 is 23.2. The molecule has 2 heterocycles. The maximum absolute atomic E-state index is 11.6. The number of nitrogens with zero attached hydrogens (tertiary/aromatic N) is 3. The van der Waals surface area contributed by atoms with Crippen molar-refractivity contribution >= 4 is 15.5 Å². The van der Waals surface area contributed by atoms with Crippen molar-refractivity contribution in [2.75, 3.05) is 25.9 Å². The second kappa shape index (κ2) is 7.44. The lowest BCUT2D eigenvalue weighted by molar-refractivity contribution is 0.243. The first-order valence-corrected chi connectivity index (χ1v) is 11.2. The van der Waals surface area contributed by atoms with Gasteiger partial charge in [0.1, 0.15) is 0 Å². The number of likely N-dealkylation sites (tertiary alicyclic amines) is 1. The lowest BCUT2D eigenvalue weighted by atomic mass is 9.95. The van der Waals surface area contributed by atoms with Gasteiger partial charge in [0, 0.05) is 31.8 Å². The van der Waals surface area contributed by atoms with E-state index in [0.717, 1.165) is 44.7 Å². The Kier molecular flexibility index (Phi) is 5.02. The van der Waals surface area contributed by atoms with E-state index in [9.17, 15) is 8.42 Å². The molecular weight excluding hydrogens is 358 g/mol. The Labute approximate surface area is 161 Å². The third-order valence-corrected chi connectivity index (χ3v) is 6.45. The molecule has 1 saturated heterocycles. The summed E-state index contributed by atoms with van der Waals surface area (Å²) in [6, 6.07) is 17.7. The molecule has 1 atom stereocenters. The number of hydrogen-bond donors (Lipinski definition) is 0. The zero-order valence-corrected chi connectivity index (χ0v) is 16.4. The lowest BCUT2D eigenvalue weighted by Gasteiger charge is -2.30. The first-order chi connectivity index (χ1) is 13.0. The number of sulfone groups is 1. The fourth-order valence-corrected chi connectivity index (χ4v) is 4.49. The Bertz CT molecular complexity index is 924. The minimum atomic E-state index is -3.13. The van der Waals surface area contributed by atoms with E-state index >= 15 is 0 Å². The van der Waals surface area contributed by atoms with Crippen LogP contribution in [0.2, 0.25) is 0 Å². The minimum absolute atomic E-state index is 0.377. The molecular formula is C21H25N3O2S. The van der Waals surface area contributed by atoms with E-state index in [2.05, 4.69) is 34.2 Å². The highest BCUT2D eigenvalue weighted by Crippen LogP contribution is 2.25. The number of hydrogen-bond acceptors (Lipinski definition) is 5. The predicted octanol–water partition coefficient (Wildman–Crippen LogP) is 2.78. The van der Waals surface area contributed by atoms with E-state index in [-0.39, 0.29) is 0 Å². The predicted molar refractivity (Wildman–Crippen MR) is 107 cm³/mol. The summed E-state index contributed by atoms with van der Waals surface area (Å²) in [5, 5.41) is 7.07. The van der Waals surface area contributed by atoms with Crippen LogP contribution in [0.5, 0.6) is 0 Å². The summed E-state index contributed by atoms with van der Waals surface area (Å²) in [6.45, 7) is 4.66. The molecule has 0 amide bonds. The van der Waals surface area contributed by atoms with Crippen LogP contribution < -0.4 is 0 Å². The molecule has 1 unspecified atom stereocenters. The molecule has 0 radical (unpaired) electrons. The summed E-state index contributed by atoms with van der Waals surface area (Å²) in [4.78, 5) is 2.78. The van der Waals surface area contributed by atoms with Gasteiger partial charge in [-0.05, 0) is 36.2 Å². The van der Waals surface area contributed by atoms with E-state index in [4.69, 9.17) is 5.10 Å². The van der Waals surface area contributed by atoms with Crippen LogP contribution in [-0.4, -0.2) is 49.9 Å². The van der Waals surface area contributed by atoms with Gasteiger partial charge < -0.3 is 0 Å². The molecule has 2 aromatic carbocycles. The largest absolute Gasteiger partial charge is 0.293 e. The molecule has 0 bridgehead atoms. The lowest BCUT2D eigenvalue weighted by Crippen LogP contribution is -2.40. The zero-order chi connectivity index (χ0) is 18.9. The van der Waals surface area contributed by atoms with Crippen molar-refractivity contribution in [2.45, 2.75) is 24.4 Å². The van der Waals surface area contributed by atoms with Crippen molar-refractivity contribution in [3.8, 4) is 0 Å².